The molecule has 0 saturated carbocycles. The summed E-state index contributed by atoms with van der Waals surface area (Å²) in [5.41, 5.74) is 4.34. The van der Waals surface area contributed by atoms with Crippen molar-refractivity contribution in [2.75, 3.05) is 7.11 Å². The van der Waals surface area contributed by atoms with Crippen LogP contribution in [0.5, 0.6) is 23.0 Å². The second-order valence-electron chi connectivity index (χ2n) is 9.67. The Balaban J connectivity index is 1.58. The first kappa shape index (κ1) is 22.3. The Hall–Kier alpha value is -4.19. The molecule has 0 saturated heterocycles. The first-order valence-corrected chi connectivity index (χ1v) is 12.0. The smallest absolute Gasteiger partial charge is 0.336 e. The number of ether oxygens (including phenoxy) is 2. The van der Waals surface area contributed by atoms with Crippen molar-refractivity contribution in [3.05, 3.63) is 105 Å². The fourth-order valence-electron chi connectivity index (χ4n) is 5.89. The molecule has 0 bridgehead atoms. The van der Waals surface area contributed by atoms with Crippen LogP contribution in [-0.4, -0.2) is 17.3 Å². The topological polar surface area (TPSA) is 89.1 Å². The molecule has 2 aliphatic rings. The van der Waals surface area contributed by atoms with E-state index in [0.29, 0.717) is 17.1 Å². The van der Waals surface area contributed by atoms with Crippen molar-refractivity contribution in [2.45, 2.75) is 31.3 Å². The average Bonchev–Trinajstić information content (AvgIpc) is 2.87. The quantitative estimate of drug-likeness (QED) is 0.268. The molecule has 0 radical (unpaired) electrons. The Morgan fingerprint density at radius 1 is 0.917 bits per heavy atom. The van der Waals surface area contributed by atoms with Crippen molar-refractivity contribution in [3.63, 3.8) is 0 Å². The number of hydrogen-bond donors (Lipinski definition) is 2. The van der Waals surface area contributed by atoms with Gasteiger partial charge in [0.2, 0.25) is 0 Å². The lowest BCUT2D eigenvalue weighted by atomic mass is 9.63. The summed E-state index contributed by atoms with van der Waals surface area (Å²) in [6.45, 7) is 2.14. The molecule has 0 spiro atoms. The SMILES string of the molecule is COc1cc(O)ccc1[C@@H]1CC(C)=C[C@@H]2c3cc4ccc(=O)oc4cc3O[C@H](c3ccc(O)cc3)[C@H]21. The Bertz CT molecular complexity index is 1550. The molecule has 6 rings (SSSR count). The van der Waals surface area contributed by atoms with E-state index in [2.05, 4.69) is 19.1 Å². The fourth-order valence-corrected chi connectivity index (χ4v) is 5.89. The Morgan fingerprint density at radius 3 is 2.47 bits per heavy atom. The molecule has 6 nitrogen and oxygen atoms in total. The maximum absolute atomic E-state index is 11.9. The lowest BCUT2D eigenvalue weighted by Crippen LogP contribution is -2.36. The largest absolute Gasteiger partial charge is 0.508 e. The van der Waals surface area contributed by atoms with E-state index in [4.69, 9.17) is 13.9 Å². The minimum atomic E-state index is -0.404. The summed E-state index contributed by atoms with van der Waals surface area (Å²) >= 11 is 0. The minimum Gasteiger partial charge on any atom is -0.508 e. The number of hydrogen-bond acceptors (Lipinski definition) is 6. The number of allylic oxidation sites excluding steroid dienone is 2. The van der Waals surface area contributed by atoms with Crippen molar-refractivity contribution in [1.29, 1.82) is 0 Å². The predicted molar refractivity (Wildman–Crippen MR) is 136 cm³/mol. The number of phenols is 2. The van der Waals surface area contributed by atoms with Crippen molar-refractivity contribution in [2.24, 2.45) is 5.92 Å². The summed E-state index contributed by atoms with van der Waals surface area (Å²) in [4.78, 5) is 11.9. The summed E-state index contributed by atoms with van der Waals surface area (Å²) in [5, 5.41) is 20.8. The third kappa shape index (κ3) is 3.70. The maximum Gasteiger partial charge on any atom is 0.336 e. The molecular weight excluding hydrogens is 456 g/mol. The van der Waals surface area contributed by atoms with Crippen LogP contribution in [0.3, 0.4) is 0 Å². The monoisotopic (exact) mass is 482 g/mol. The highest BCUT2D eigenvalue weighted by Crippen LogP contribution is 2.58. The molecule has 2 N–H and O–H groups in total. The Morgan fingerprint density at radius 2 is 1.69 bits per heavy atom. The Labute approximate surface area is 208 Å². The molecule has 0 unspecified atom stereocenters. The molecule has 2 heterocycles. The van der Waals surface area contributed by atoms with E-state index in [1.54, 1.807) is 37.4 Å². The van der Waals surface area contributed by atoms with Gasteiger partial charge in [0.25, 0.3) is 0 Å². The van der Waals surface area contributed by atoms with Gasteiger partial charge < -0.3 is 24.1 Å². The molecule has 4 aromatic rings. The van der Waals surface area contributed by atoms with Crippen LogP contribution in [0, 0.1) is 5.92 Å². The van der Waals surface area contributed by atoms with Gasteiger partial charge in [-0.25, -0.2) is 4.79 Å². The molecule has 1 aliphatic carbocycles. The molecule has 1 aliphatic heterocycles. The van der Waals surface area contributed by atoms with E-state index in [9.17, 15) is 15.0 Å². The van der Waals surface area contributed by atoms with Crippen molar-refractivity contribution in [3.8, 4) is 23.0 Å². The van der Waals surface area contributed by atoms with Gasteiger partial charge >= 0.3 is 5.63 Å². The van der Waals surface area contributed by atoms with Crippen LogP contribution in [0.15, 0.2) is 87.6 Å². The zero-order valence-electron chi connectivity index (χ0n) is 20.0. The number of methoxy groups -OCH3 is 1. The van der Waals surface area contributed by atoms with E-state index in [1.165, 1.54) is 11.6 Å². The van der Waals surface area contributed by atoms with E-state index >= 15 is 0 Å². The van der Waals surface area contributed by atoms with Crippen LogP contribution >= 0.6 is 0 Å². The lowest BCUT2D eigenvalue weighted by Gasteiger charge is -2.46. The normalized spacial score (nSPS) is 22.8. The van der Waals surface area contributed by atoms with E-state index in [1.807, 2.05) is 24.3 Å². The second-order valence-corrected chi connectivity index (χ2v) is 9.67. The summed E-state index contributed by atoms with van der Waals surface area (Å²) in [6.07, 6.45) is 2.80. The van der Waals surface area contributed by atoms with Crippen LogP contribution in [0.4, 0.5) is 0 Å². The average molecular weight is 483 g/mol. The summed E-state index contributed by atoms with van der Waals surface area (Å²) in [7, 11) is 1.62. The Kier molecular flexibility index (Phi) is 5.25. The van der Waals surface area contributed by atoms with E-state index in [0.717, 1.165) is 28.5 Å². The molecule has 36 heavy (non-hydrogen) atoms. The molecule has 6 heteroatoms. The van der Waals surface area contributed by atoms with Gasteiger partial charge in [-0.15, -0.1) is 0 Å². The van der Waals surface area contributed by atoms with Gasteiger partial charge in [0.1, 0.15) is 34.7 Å². The zero-order valence-corrected chi connectivity index (χ0v) is 20.0. The standard InChI is InChI=1S/C30H26O6/c1-16-11-23(21-9-8-20(32)14-26(21)34-2)29-24(12-16)22-13-18-5-10-28(33)35-25(18)15-27(22)36-30(29)17-3-6-19(31)7-4-17/h3-10,12-15,23-24,29-32H,11H2,1-2H3/t23-,24+,29-,30+/m0/s1. The molecule has 1 aromatic heterocycles. The highest BCUT2D eigenvalue weighted by molar-refractivity contribution is 5.80. The lowest BCUT2D eigenvalue weighted by molar-refractivity contribution is 0.0792. The molecule has 182 valence electrons. The summed E-state index contributed by atoms with van der Waals surface area (Å²) in [5.74, 6) is 1.76. The number of aromatic hydroxyl groups is 2. The number of benzene rings is 3. The van der Waals surface area contributed by atoms with Gasteiger partial charge in [-0.3, -0.25) is 0 Å². The first-order chi connectivity index (χ1) is 17.4. The van der Waals surface area contributed by atoms with Gasteiger partial charge in [0.15, 0.2) is 0 Å². The minimum absolute atomic E-state index is 0.0114. The first-order valence-electron chi connectivity index (χ1n) is 12.0. The van der Waals surface area contributed by atoms with Crippen LogP contribution in [0.1, 0.15) is 48.0 Å². The van der Waals surface area contributed by atoms with Crippen LogP contribution in [0.2, 0.25) is 0 Å². The summed E-state index contributed by atoms with van der Waals surface area (Å²) in [6, 6.07) is 19.5. The van der Waals surface area contributed by atoms with Crippen molar-refractivity contribution < 1.29 is 24.1 Å². The molecular formula is C30H26O6. The zero-order chi connectivity index (χ0) is 25.0. The van der Waals surface area contributed by atoms with Gasteiger partial charge in [0.05, 0.1) is 7.11 Å². The van der Waals surface area contributed by atoms with Gasteiger partial charge in [-0.2, -0.15) is 0 Å². The van der Waals surface area contributed by atoms with Gasteiger partial charge in [0, 0.05) is 41.0 Å². The maximum atomic E-state index is 11.9. The predicted octanol–water partition coefficient (Wildman–Crippen LogP) is 6.18. The molecule has 3 aromatic carbocycles. The van der Waals surface area contributed by atoms with Crippen molar-refractivity contribution >= 4 is 11.0 Å². The van der Waals surface area contributed by atoms with Crippen LogP contribution < -0.4 is 15.1 Å². The van der Waals surface area contributed by atoms with Crippen LogP contribution in [-0.2, 0) is 0 Å². The van der Waals surface area contributed by atoms with E-state index in [-0.39, 0.29) is 35.4 Å². The number of fused-ring (bicyclic) bond motifs is 4. The van der Waals surface area contributed by atoms with Gasteiger partial charge in [-0.05, 0) is 60.7 Å². The molecule has 4 atom stereocenters. The van der Waals surface area contributed by atoms with Crippen LogP contribution in [0.25, 0.3) is 11.0 Å². The number of phenolic OH excluding ortho intramolecular Hbond substituents is 2. The summed E-state index contributed by atoms with van der Waals surface area (Å²) < 4.78 is 17.8. The third-order valence-electron chi connectivity index (χ3n) is 7.44. The third-order valence-corrected chi connectivity index (χ3v) is 7.44. The second kappa shape index (κ2) is 8.48. The molecule has 0 amide bonds. The van der Waals surface area contributed by atoms with Crippen molar-refractivity contribution in [1.82, 2.24) is 0 Å². The highest BCUT2D eigenvalue weighted by atomic mass is 16.5. The number of rotatable bonds is 3. The van der Waals surface area contributed by atoms with E-state index < -0.39 is 5.63 Å². The highest BCUT2D eigenvalue weighted by Gasteiger charge is 2.46. The van der Waals surface area contributed by atoms with Gasteiger partial charge in [-0.1, -0.05) is 29.8 Å². The fraction of sp³-hybridized carbons (Fsp3) is 0.233. The molecule has 0 fully saturated rings.